The third kappa shape index (κ3) is 8.68. The van der Waals surface area contributed by atoms with E-state index >= 15 is 0 Å². The Morgan fingerprint density at radius 2 is 1.41 bits per heavy atom. The van der Waals surface area contributed by atoms with Gasteiger partial charge in [0, 0.05) is 74.3 Å². The number of fused-ring (bicyclic) bond motifs is 2. The van der Waals surface area contributed by atoms with E-state index in [9.17, 15) is 8.76 Å². The molecule has 0 spiro atoms. The first-order valence-corrected chi connectivity index (χ1v) is 20.0. The Morgan fingerprint density at radius 3 is 2.10 bits per heavy atom. The van der Waals surface area contributed by atoms with E-state index < -0.39 is 11.1 Å². The summed E-state index contributed by atoms with van der Waals surface area (Å²) in [7, 11) is 0. The maximum Gasteiger partial charge on any atom is 0.203 e. The smallest absolute Gasteiger partial charge is 0.203 e. The molecule has 6 rings (SSSR count). The fraction of sp³-hybridized carbons (Fsp3) is 0.244. The van der Waals surface area contributed by atoms with Gasteiger partial charge < -0.3 is 13.9 Å². The Morgan fingerprint density at radius 1 is 0.714 bits per heavy atom. The molecule has 1 aliphatic carbocycles. The summed E-state index contributed by atoms with van der Waals surface area (Å²) >= 11 is 1.33. The molecule has 1 heterocycles. The minimum absolute atomic E-state index is 0.278. The molecule has 0 N–H and O–H groups in total. The van der Waals surface area contributed by atoms with Gasteiger partial charge >= 0.3 is 0 Å². The molecule has 8 heteroatoms. The number of rotatable bonds is 15. The summed E-state index contributed by atoms with van der Waals surface area (Å²) in [5.41, 5.74) is 4.28. The van der Waals surface area contributed by atoms with Gasteiger partial charge in [0.1, 0.15) is 17.9 Å². The zero-order valence-electron chi connectivity index (χ0n) is 28.0. The van der Waals surface area contributed by atoms with Crippen LogP contribution < -0.4 is 14.8 Å². The lowest BCUT2D eigenvalue weighted by molar-refractivity contribution is 0.537. The Hall–Kier alpha value is -3.82. The van der Waals surface area contributed by atoms with Crippen molar-refractivity contribution in [2.45, 2.75) is 41.4 Å². The van der Waals surface area contributed by atoms with E-state index in [2.05, 4.69) is 108 Å². The molecule has 1 atom stereocenters. The Kier molecular flexibility index (Phi) is 12.3. The topological polar surface area (TPSA) is 59.5 Å². The van der Waals surface area contributed by atoms with E-state index in [1.54, 1.807) is 12.1 Å². The van der Waals surface area contributed by atoms with Crippen LogP contribution >= 0.6 is 23.5 Å². The van der Waals surface area contributed by atoms with Crippen LogP contribution in [0.4, 0.5) is 5.69 Å². The highest BCUT2D eigenvalue weighted by molar-refractivity contribution is 7.99. The second kappa shape index (κ2) is 17.2. The largest absolute Gasteiger partial charge is 0.768 e. The molecule has 5 nitrogen and oxygen atoms in total. The lowest BCUT2D eigenvalue weighted by Crippen LogP contribution is -2.32. The Balaban J connectivity index is 1.44. The van der Waals surface area contributed by atoms with Gasteiger partial charge in [0.15, 0.2) is 6.54 Å². The lowest BCUT2D eigenvalue weighted by atomic mass is 9.93. The van der Waals surface area contributed by atoms with Gasteiger partial charge in [-0.25, -0.2) is 4.58 Å². The zero-order valence-corrected chi connectivity index (χ0v) is 30.5. The lowest BCUT2D eigenvalue weighted by Gasteiger charge is -2.25. The molecule has 0 amide bonds. The monoisotopic (exact) mass is 706 g/mol. The van der Waals surface area contributed by atoms with Gasteiger partial charge in [0.25, 0.3) is 0 Å². The summed E-state index contributed by atoms with van der Waals surface area (Å²) < 4.78 is 34.1. The van der Waals surface area contributed by atoms with Crippen molar-refractivity contribution in [1.82, 2.24) is 4.58 Å². The summed E-state index contributed by atoms with van der Waals surface area (Å²) in [4.78, 5) is 5.23. The first-order valence-electron chi connectivity index (χ1n) is 16.9. The molecular formula is C41H42N2O3S3. The van der Waals surface area contributed by atoms with Gasteiger partial charge in [0.2, 0.25) is 5.36 Å². The quantitative estimate of drug-likeness (QED) is 0.0459. The predicted molar refractivity (Wildman–Crippen MR) is 208 cm³/mol. The van der Waals surface area contributed by atoms with E-state index in [1.165, 1.54) is 9.79 Å². The molecule has 0 saturated carbocycles. The number of nitrogens with zero attached hydrogens (tertiary/aromatic N) is 2. The standard InChI is InChI=1S/C41H42N2O3S3/c1-3-23-42(25-27-47-33-13-7-5-8-14-33)31-19-21-35-38(29-31)46-39-30-32(43(24-4-2)26-28-48-34-15-9-6-10-16-34)20-22-36(39)41(35)37-17-11-12-18-40(37)49(44)45/h5-22,29-30H,3-4,23-28H2,1-2H3. The van der Waals surface area contributed by atoms with Crippen molar-refractivity contribution in [2.75, 3.05) is 42.6 Å². The summed E-state index contributed by atoms with van der Waals surface area (Å²) in [6, 6.07) is 41.0. The first kappa shape index (κ1) is 35.0. The van der Waals surface area contributed by atoms with Crippen molar-refractivity contribution in [2.24, 2.45) is 0 Å². The molecule has 1 unspecified atom stereocenters. The van der Waals surface area contributed by atoms with Crippen LogP contribution in [-0.2, 0) is 11.1 Å². The fourth-order valence-corrected chi connectivity index (χ4v) is 8.56. The van der Waals surface area contributed by atoms with Crippen LogP contribution in [0.1, 0.15) is 26.7 Å². The number of thioether (sulfide) groups is 2. The Labute approximate surface area is 300 Å². The van der Waals surface area contributed by atoms with Crippen LogP contribution in [-0.4, -0.2) is 46.4 Å². The molecule has 0 radical (unpaired) electrons. The van der Waals surface area contributed by atoms with E-state index in [4.69, 9.17) is 4.42 Å². The normalized spacial score (nSPS) is 12.7. The average Bonchev–Trinajstić information content (AvgIpc) is 3.13. The zero-order chi connectivity index (χ0) is 34.0. The highest BCUT2D eigenvalue weighted by atomic mass is 32.2. The van der Waals surface area contributed by atoms with Crippen LogP contribution in [0.2, 0.25) is 0 Å². The average molecular weight is 707 g/mol. The first-order chi connectivity index (χ1) is 24.1. The predicted octanol–water partition coefficient (Wildman–Crippen LogP) is 9.43. The number of hydrogen-bond donors (Lipinski definition) is 0. The molecule has 0 bridgehead atoms. The number of anilines is 1. The van der Waals surface area contributed by atoms with E-state index in [-0.39, 0.29) is 4.90 Å². The van der Waals surface area contributed by atoms with Crippen LogP contribution in [0.15, 0.2) is 140 Å². The number of benzene rings is 5. The van der Waals surface area contributed by atoms with Gasteiger partial charge in [-0.05, 0) is 71.6 Å². The van der Waals surface area contributed by atoms with Gasteiger partial charge in [-0.2, -0.15) is 0 Å². The van der Waals surface area contributed by atoms with Gasteiger partial charge in [0.05, 0.1) is 11.8 Å². The maximum atomic E-state index is 12.5. The number of hydrogen-bond acceptors (Lipinski definition) is 6. The van der Waals surface area contributed by atoms with Crippen molar-refractivity contribution in [3.05, 3.63) is 127 Å². The van der Waals surface area contributed by atoms with Crippen LogP contribution in [0.25, 0.3) is 33.4 Å². The Bertz CT molecular complexity index is 2050. The fourth-order valence-electron chi connectivity index (χ4n) is 6.23. The molecular weight excluding hydrogens is 665 g/mol. The molecule has 0 saturated heterocycles. The van der Waals surface area contributed by atoms with E-state index in [0.717, 1.165) is 89.4 Å². The van der Waals surface area contributed by atoms with Crippen LogP contribution in [0, 0.1) is 0 Å². The molecule has 4 aromatic carbocycles. The molecule has 49 heavy (non-hydrogen) atoms. The van der Waals surface area contributed by atoms with Crippen molar-refractivity contribution in [3.63, 3.8) is 0 Å². The van der Waals surface area contributed by atoms with Gasteiger partial charge in [-0.1, -0.05) is 68.4 Å². The molecule has 1 aliphatic heterocycles. The van der Waals surface area contributed by atoms with Gasteiger partial charge in [-0.15, -0.1) is 23.5 Å². The highest BCUT2D eigenvalue weighted by Crippen LogP contribution is 2.42. The van der Waals surface area contributed by atoms with Crippen LogP contribution in [0.5, 0.6) is 0 Å². The summed E-state index contributed by atoms with van der Waals surface area (Å²) in [5, 5.41) is 1.99. The maximum absolute atomic E-state index is 12.5. The van der Waals surface area contributed by atoms with Crippen molar-refractivity contribution < 1.29 is 13.2 Å². The molecule has 0 fully saturated rings. The van der Waals surface area contributed by atoms with E-state index in [0.29, 0.717) is 5.56 Å². The van der Waals surface area contributed by atoms with Crippen molar-refractivity contribution in [1.29, 1.82) is 0 Å². The van der Waals surface area contributed by atoms with Crippen molar-refractivity contribution in [3.8, 4) is 22.5 Å². The minimum atomic E-state index is -2.40. The SMILES string of the molecule is CCCN(CCSc1ccccc1)c1ccc2c(-c3ccccc3S(=O)[O-])c3ccc(=[N+](CCC)CCSc4ccccc4)cc-3oc2c1. The third-order valence-corrected chi connectivity index (χ3v) is 11.2. The van der Waals surface area contributed by atoms with E-state index in [1.807, 2.05) is 47.8 Å². The summed E-state index contributed by atoms with van der Waals surface area (Å²) in [6.45, 7) is 8.06. The minimum Gasteiger partial charge on any atom is -0.768 e. The molecule has 252 valence electrons. The highest BCUT2D eigenvalue weighted by Gasteiger charge is 2.22. The van der Waals surface area contributed by atoms with Crippen molar-refractivity contribution >= 4 is 51.3 Å². The summed E-state index contributed by atoms with van der Waals surface area (Å²) in [6.07, 6.45) is 2.05. The molecule has 2 aliphatic rings. The summed E-state index contributed by atoms with van der Waals surface area (Å²) in [5.74, 6) is 2.66. The van der Waals surface area contributed by atoms with Crippen LogP contribution in [0.3, 0.4) is 0 Å². The third-order valence-electron chi connectivity index (χ3n) is 8.49. The molecule has 4 aromatic rings. The second-order valence-corrected chi connectivity index (χ2v) is 15.1. The molecule has 0 aromatic heterocycles. The second-order valence-electron chi connectivity index (χ2n) is 11.9. The van der Waals surface area contributed by atoms with Gasteiger partial charge in [-0.3, -0.25) is 4.21 Å².